The highest BCUT2D eigenvalue weighted by molar-refractivity contribution is 5.79. The average Bonchev–Trinajstić information content (AvgIpc) is 3.32. The van der Waals surface area contributed by atoms with E-state index in [2.05, 4.69) is 10.2 Å². The molecule has 0 saturated carbocycles. The van der Waals surface area contributed by atoms with Crippen LogP contribution in [0.4, 0.5) is 17.1 Å². The second-order valence-electron chi connectivity index (χ2n) is 7.82. The molecule has 160 valence electrons. The summed E-state index contributed by atoms with van der Waals surface area (Å²) in [4.78, 5) is 42.5. The number of nitrogens with zero attached hydrogens (tertiary/aromatic N) is 3. The van der Waals surface area contributed by atoms with Crippen molar-refractivity contribution in [3.63, 3.8) is 0 Å². The van der Waals surface area contributed by atoms with E-state index in [9.17, 15) is 14.4 Å². The number of nitrogens with one attached hydrogen (secondary N) is 1. The lowest BCUT2D eigenvalue weighted by Gasteiger charge is -2.36. The zero-order chi connectivity index (χ0) is 21.1. The van der Waals surface area contributed by atoms with Crippen LogP contribution in [-0.2, 0) is 4.79 Å². The number of ether oxygens (including phenoxy) is 1. The molecule has 1 amide bonds. The van der Waals surface area contributed by atoms with E-state index in [1.54, 1.807) is 7.11 Å². The minimum atomic E-state index is -0.462. The maximum absolute atomic E-state index is 12.6. The van der Waals surface area contributed by atoms with Crippen molar-refractivity contribution in [1.82, 2.24) is 4.90 Å². The quantitative estimate of drug-likeness (QED) is 0.681. The second kappa shape index (κ2) is 8.77. The number of methoxy groups -OCH3 is 1. The minimum Gasteiger partial charge on any atom is -0.497 e. The Balaban J connectivity index is 1.25. The molecule has 2 saturated heterocycles. The molecule has 30 heavy (non-hydrogen) atoms. The van der Waals surface area contributed by atoms with Gasteiger partial charge in [0.2, 0.25) is 5.91 Å². The normalized spacial score (nSPS) is 16.9. The molecular weight excluding hydrogens is 384 g/mol. The van der Waals surface area contributed by atoms with Crippen LogP contribution < -0.4 is 30.7 Å². The Morgan fingerprint density at radius 3 is 2.43 bits per heavy atom. The summed E-state index contributed by atoms with van der Waals surface area (Å²) in [6.07, 6.45) is 2.38. The van der Waals surface area contributed by atoms with Gasteiger partial charge < -0.3 is 24.8 Å². The summed E-state index contributed by atoms with van der Waals surface area (Å²) in [7, 11) is 1.65. The maximum Gasteiger partial charge on any atom is 0.253 e. The summed E-state index contributed by atoms with van der Waals surface area (Å²) in [5, 5.41) is 3.04. The fourth-order valence-corrected chi connectivity index (χ4v) is 4.26. The fourth-order valence-electron chi connectivity index (χ4n) is 4.26. The minimum absolute atomic E-state index is 0.0641. The molecule has 0 spiro atoms. The molecule has 0 aliphatic carbocycles. The molecule has 4 rings (SSSR count). The third-order valence-corrected chi connectivity index (χ3v) is 6.00. The summed E-state index contributed by atoms with van der Waals surface area (Å²) >= 11 is 0. The van der Waals surface area contributed by atoms with Crippen LogP contribution in [-0.4, -0.2) is 63.7 Å². The number of carbonyl (C=O) groups is 1. The number of amides is 1. The van der Waals surface area contributed by atoms with Gasteiger partial charge in [0.1, 0.15) is 17.1 Å². The average molecular weight is 412 g/mol. The molecule has 0 unspecified atom stereocenters. The highest BCUT2D eigenvalue weighted by atomic mass is 16.5. The lowest BCUT2D eigenvalue weighted by atomic mass is 10.1. The van der Waals surface area contributed by atoms with Crippen molar-refractivity contribution in [1.29, 1.82) is 0 Å². The smallest absolute Gasteiger partial charge is 0.253 e. The number of hydrogen-bond acceptors (Lipinski definition) is 7. The number of benzene rings is 1. The molecule has 0 aromatic heterocycles. The summed E-state index contributed by atoms with van der Waals surface area (Å²) in [5.41, 5.74) is 1.13. The Morgan fingerprint density at radius 1 is 1.00 bits per heavy atom. The molecule has 2 aromatic carbocycles. The van der Waals surface area contributed by atoms with Crippen LogP contribution in [0.25, 0.3) is 0 Å². The van der Waals surface area contributed by atoms with Crippen molar-refractivity contribution in [3.8, 4) is 5.75 Å². The number of hydrogen-bond donors (Lipinski definition) is 1. The van der Waals surface area contributed by atoms with E-state index < -0.39 is 10.9 Å². The van der Waals surface area contributed by atoms with Crippen molar-refractivity contribution >= 4 is 23.0 Å². The van der Waals surface area contributed by atoms with Gasteiger partial charge in [0, 0.05) is 64.0 Å². The lowest BCUT2D eigenvalue weighted by molar-refractivity contribution is -0.131. The predicted molar refractivity (Wildman–Crippen MR) is 118 cm³/mol. The Labute approximate surface area is 175 Å². The standard InChI is InChI=1S/C22H28N4O4/c1-30-17-6-4-5-16(15-17)24-11-13-25(14-12-24)18(27)7-8-23-19-20(22(29)21(19)28)26-9-2-3-10-26/h4-6,15,23H,2-3,7-14H2,1H3. The molecule has 2 heterocycles. The first-order valence-electron chi connectivity index (χ1n) is 10.6. The van der Waals surface area contributed by atoms with Crippen LogP contribution in [0.3, 0.4) is 0 Å². The van der Waals surface area contributed by atoms with Crippen LogP contribution in [0.1, 0.15) is 19.3 Å². The van der Waals surface area contributed by atoms with Crippen molar-refractivity contribution in [3.05, 3.63) is 44.7 Å². The first-order valence-corrected chi connectivity index (χ1v) is 10.6. The lowest BCUT2D eigenvalue weighted by Crippen LogP contribution is -2.49. The zero-order valence-electron chi connectivity index (χ0n) is 17.4. The molecule has 1 N–H and O–H groups in total. The van der Waals surface area contributed by atoms with E-state index in [1.807, 2.05) is 34.1 Å². The first kappa shape index (κ1) is 20.3. The molecule has 0 radical (unpaired) electrons. The van der Waals surface area contributed by atoms with Gasteiger partial charge >= 0.3 is 0 Å². The topological polar surface area (TPSA) is 82.2 Å². The largest absolute Gasteiger partial charge is 0.497 e. The summed E-state index contributed by atoms with van der Waals surface area (Å²) < 4.78 is 5.29. The highest BCUT2D eigenvalue weighted by Gasteiger charge is 2.28. The van der Waals surface area contributed by atoms with Crippen LogP contribution in [0.5, 0.6) is 5.75 Å². The number of piperazine rings is 1. The Bertz CT molecular complexity index is 968. The Hall–Kier alpha value is -3.03. The van der Waals surface area contributed by atoms with Gasteiger partial charge in [-0.05, 0) is 25.0 Å². The van der Waals surface area contributed by atoms with E-state index in [4.69, 9.17) is 4.74 Å². The van der Waals surface area contributed by atoms with Crippen LogP contribution in [0, 0.1) is 0 Å². The van der Waals surface area contributed by atoms with Gasteiger partial charge in [-0.1, -0.05) is 6.07 Å². The van der Waals surface area contributed by atoms with E-state index in [1.165, 1.54) is 0 Å². The van der Waals surface area contributed by atoms with Gasteiger partial charge in [-0.3, -0.25) is 14.4 Å². The van der Waals surface area contributed by atoms with E-state index >= 15 is 0 Å². The van der Waals surface area contributed by atoms with Crippen molar-refractivity contribution in [2.75, 3.05) is 68.0 Å². The zero-order valence-corrected chi connectivity index (χ0v) is 17.4. The van der Waals surface area contributed by atoms with Gasteiger partial charge in [0.25, 0.3) is 10.9 Å². The van der Waals surface area contributed by atoms with Gasteiger partial charge in [-0.15, -0.1) is 0 Å². The SMILES string of the molecule is COc1cccc(N2CCN(C(=O)CCNc3c(N4CCCC4)c(=O)c3=O)CC2)c1. The Kier molecular flexibility index (Phi) is 5.92. The molecule has 8 heteroatoms. The highest BCUT2D eigenvalue weighted by Crippen LogP contribution is 2.24. The monoisotopic (exact) mass is 412 g/mol. The number of carbonyl (C=O) groups excluding carboxylic acids is 1. The van der Waals surface area contributed by atoms with Gasteiger partial charge in [0.15, 0.2) is 0 Å². The molecule has 2 aromatic rings. The van der Waals surface area contributed by atoms with Gasteiger partial charge in [-0.2, -0.15) is 0 Å². The van der Waals surface area contributed by atoms with E-state index in [-0.39, 0.29) is 5.91 Å². The van der Waals surface area contributed by atoms with Crippen molar-refractivity contribution in [2.24, 2.45) is 0 Å². The second-order valence-corrected chi connectivity index (χ2v) is 7.82. The molecule has 2 aliphatic heterocycles. The summed E-state index contributed by atoms with van der Waals surface area (Å²) in [5.74, 6) is 0.887. The fraction of sp³-hybridized carbons (Fsp3) is 0.500. The van der Waals surface area contributed by atoms with E-state index in [0.29, 0.717) is 37.4 Å². The molecule has 2 fully saturated rings. The third kappa shape index (κ3) is 3.99. The van der Waals surface area contributed by atoms with Gasteiger partial charge in [-0.25, -0.2) is 0 Å². The van der Waals surface area contributed by atoms with Crippen molar-refractivity contribution in [2.45, 2.75) is 19.3 Å². The Morgan fingerprint density at radius 2 is 1.73 bits per heavy atom. The third-order valence-electron chi connectivity index (χ3n) is 6.00. The van der Waals surface area contributed by atoms with Crippen LogP contribution in [0.15, 0.2) is 33.9 Å². The van der Waals surface area contributed by atoms with Crippen LogP contribution in [0.2, 0.25) is 0 Å². The van der Waals surface area contributed by atoms with E-state index in [0.717, 1.165) is 50.5 Å². The summed E-state index contributed by atoms with van der Waals surface area (Å²) in [6, 6.07) is 7.94. The molecule has 0 bridgehead atoms. The van der Waals surface area contributed by atoms with Gasteiger partial charge in [0.05, 0.1) is 7.11 Å². The molecule has 0 atom stereocenters. The maximum atomic E-state index is 12.6. The number of anilines is 3. The van der Waals surface area contributed by atoms with Crippen molar-refractivity contribution < 1.29 is 9.53 Å². The predicted octanol–water partition coefficient (Wildman–Crippen LogP) is 1.04. The molecular formula is C22H28N4O4. The van der Waals surface area contributed by atoms with Crippen LogP contribution >= 0.6 is 0 Å². The summed E-state index contributed by atoms with van der Waals surface area (Å²) in [6.45, 7) is 4.85. The first-order chi connectivity index (χ1) is 14.6. The molecule has 8 nitrogen and oxygen atoms in total. The molecule has 2 aliphatic rings. The number of rotatable bonds is 7.